The third-order valence-electron chi connectivity index (χ3n) is 5.49. The van der Waals surface area contributed by atoms with Crippen molar-refractivity contribution in [1.29, 1.82) is 0 Å². The number of primary amides is 1. The minimum Gasteiger partial charge on any atom is -0.486 e. The molecule has 0 fully saturated rings. The van der Waals surface area contributed by atoms with Crippen LogP contribution in [0.3, 0.4) is 0 Å². The first-order valence-electron chi connectivity index (χ1n) is 10.1. The highest BCUT2D eigenvalue weighted by Gasteiger charge is 2.39. The maximum Gasteiger partial charge on any atom is 0.243 e. The summed E-state index contributed by atoms with van der Waals surface area (Å²) in [5, 5.41) is 2.88. The molecule has 0 spiro atoms. The van der Waals surface area contributed by atoms with Crippen LogP contribution in [0, 0.1) is 5.92 Å². The van der Waals surface area contributed by atoms with Crippen molar-refractivity contribution >= 4 is 22.8 Å². The average molecular weight is 409 g/mol. The second-order valence-electron chi connectivity index (χ2n) is 7.60. The highest BCUT2D eigenvalue weighted by molar-refractivity contribution is 5.91. The molecule has 3 N–H and O–H groups in total. The fourth-order valence-electron chi connectivity index (χ4n) is 3.67. The summed E-state index contributed by atoms with van der Waals surface area (Å²) in [7, 11) is 0. The molecular weight excluding hydrogens is 380 g/mol. The Kier molecular flexibility index (Phi) is 6.40. The number of nitrogens with zero attached hydrogens (tertiary/aromatic N) is 2. The van der Waals surface area contributed by atoms with Crippen LogP contribution < -0.4 is 15.8 Å². The molecule has 1 heterocycles. The number of benzene rings is 2. The lowest BCUT2D eigenvalue weighted by molar-refractivity contribution is -0.134. The van der Waals surface area contributed by atoms with Crippen molar-refractivity contribution in [1.82, 2.24) is 14.9 Å². The summed E-state index contributed by atoms with van der Waals surface area (Å²) in [6.07, 6.45) is 0.417. The highest BCUT2D eigenvalue weighted by Crippen LogP contribution is 2.22. The number of carbonyl (C=O) groups is 2. The van der Waals surface area contributed by atoms with E-state index in [0.717, 1.165) is 16.8 Å². The van der Waals surface area contributed by atoms with Gasteiger partial charge in [-0.25, -0.2) is 4.98 Å². The van der Waals surface area contributed by atoms with E-state index in [2.05, 4.69) is 10.3 Å². The Morgan fingerprint density at radius 2 is 1.80 bits per heavy atom. The van der Waals surface area contributed by atoms with E-state index in [0.29, 0.717) is 12.2 Å². The van der Waals surface area contributed by atoms with E-state index in [4.69, 9.17) is 10.5 Å². The third-order valence-corrected chi connectivity index (χ3v) is 5.49. The predicted molar refractivity (Wildman–Crippen MR) is 116 cm³/mol. The number of carbonyl (C=O) groups excluding carboxylic acids is 2. The molecule has 0 aliphatic carbocycles. The van der Waals surface area contributed by atoms with Gasteiger partial charge >= 0.3 is 0 Å². The molecule has 1 atom stereocenters. The number of nitrogens with two attached hydrogens (primary N) is 1. The minimum atomic E-state index is -1.09. The molecule has 0 aliphatic heterocycles. The number of nitrogens with one attached hydrogen (secondary N) is 1. The van der Waals surface area contributed by atoms with E-state index in [1.165, 1.54) is 0 Å². The van der Waals surface area contributed by atoms with Crippen LogP contribution in [0.25, 0.3) is 11.0 Å². The monoisotopic (exact) mass is 408 g/mol. The number of hydrogen-bond donors (Lipinski definition) is 2. The third kappa shape index (κ3) is 4.30. The lowest BCUT2D eigenvalue weighted by Gasteiger charge is -2.34. The Bertz CT molecular complexity index is 1030. The van der Waals surface area contributed by atoms with Gasteiger partial charge in [0.1, 0.15) is 30.3 Å². The summed E-state index contributed by atoms with van der Waals surface area (Å²) >= 11 is 0. The number of hydrogen-bond acceptors (Lipinski definition) is 4. The van der Waals surface area contributed by atoms with Gasteiger partial charge in [0.15, 0.2) is 0 Å². The second kappa shape index (κ2) is 8.98. The molecule has 2 aromatic carbocycles. The van der Waals surface area contributed by atoms with Crippen LogP contribution in [-0.2, 0) is 22.7 Å². The fourth-order valence-corrected chi connectivity index (χ4v) is 3.67. The van der Waals surface area contributed by atoms with E-state index in [9.17, 15) is 9.59 Å². The molecule has 158 valence electrons. The number of aromatic nitrogens is 2. The molecule has 3 aromatic rings. The molecule has 0 aliphatic rings. The Labute approximate surface area is 176 Å². The number of rotatable bonds is 9. The first-order valence-corrected chi connectivity index (χ1v) is 10.1. The molecule has 0 bridgehead atoms. The van der Waals surface area contributed by atoms with Crippen molar-refractivity contribution in [3.05, 3.63) is 60.4 Å². The second-order valence-corrected chi connectivity index (χ2v) is 7.60. The van der Waals surface area contributed by atoms with Crippen LogP contribution in [0.15, 0.2) is 54.6 Å². The van der Waals surface area contributed by atoms with Crippen LogP contribution in [0.4, 0.5) is 0 Å². The van der Waals surface area contributed by atoms with E-state index in [1.54, 1.807) is 0 Å². The summed E-state index contributed by atoms with van der Waals surface area (Å²) in [4.78, 5) is 29.7. The molecule has 7 nitrogen and oxygen atoms in total. The number of para-hydroxylation sites is 3. The maximum atomic E-state index is 13.0. The highest BCUT2D eigenvalue weighted by atomic mass is 16.5. The lowest BCUT2D eigenvalue weighted by atomic mass is 9.83. The summed E-state index contributed by atoms with van der Waals surface area (Å²) in [5.41, 5.74) is 6.15. The Morgan fingerprint density at radius 1 is 1.13 bits per heavy atom. The molecule has 0 unspecified atom stereocenters. The first-order chi connectivity index (χ1) is 14.4. The van der Waals surface area contributed by atoms with Crippen molar-refractivity contribution in [2.75, 3.05) is 0 Å². The van der Waals surface area contributed by atoms with Crippen LogP contribution in [0.5, 0.6) is 5.75 Å². The van der Waals surface area contributed by atoms with E-state index in [-0.39, 0.29) is 25.0 Å². The van der Waals surface area contributed by atoms with E-state index in [1.807, 2.05) is 79.9 Å². The van der Waals surface area contributed by atoms with Crippen LogP contribution >= 0.6 is 0 Å². The molecule has 0 saturated carbocycles. The summed E-state index contributed by atoms with van der Waals surface area (Å²) in [6.45, 7) is 5.82. The van der Waals surface area contributed by atoms with Crippen molar-refractivity contribution < 1.29 is 14.3 Å². The zero-order chi connectivity index (χ0) is 21.7. The van der Waals surface area contributed by atoms with Crippen LogP contribution in [-0.4, -0.2) is 26.9 Å². The summed E-state index contributed by atoms with van der Waals surface area (Å²) in [6, 6.07) is 17.0. The molecule has 0 saturated heterocycles. The molecule has 2 amide bonds. The lowest BCUT2D eigenvalue weighted by Crippen LogP contribution is -2.61. The Hall–Kier alpha value is -3.35. The molecule has 1 aromatic heterocycles. The smallest absolute Gasteiger partial charge is 0.243 e. The van der Waals surface area contributed by atoms with Gasteiger partial charge in [-0.15, -0.1) is 0 Å². The summed E-state index contributed by atoms with van der Waals surface area (Å²) < 4.78 is 7.67. The zero-order valence-corrected chi connectivity index (χ0v) is 17.6. The quantitative estimate of drug-likeness (QED) is 0.568. The molecule has 0 radical (unpaired) electrons. The number of amides is 2. The van der Waals surface area contributed by atoms with Gasteiger partial charge in [-0.2, -0.15) is 0 Å². The van der Waals surface area contributed by atoms with Gasteiger partial charge in [-0.05, 0) is 36.6 Å². The first kappa shape index (κ1) is 21.4. The van der Waals surface area contributed by atoms with Gasteiger partial charge in [0.05, 0.1) is 11.0 Å². The predicted octanol–water partition coefficient (Wildman–Crippen LogP) is 3.02. The van der Waals surface area contributed by atoms with Gasteiger partial charge < -0.3 is 20.4 Å². The van der Waals surface area contributed by atoms with E-state index < -0.39 is 11.4 Å². The van der Waals surface area contributed by atoms with E-state index >= 15 is 0 Å². The topological polar surface area (TPSA) is 99.2 Å². The van der Waals surface area contributed by atoms with Gasteiger partial charge in [0.2, 0.25) is 11.8 Å². The standard InChI is InChI=1S/C23H28N4O3/c1-4-23(16(2)3,22(24)29)26-21(28)14-27-19-13-9-8-12-18(19)25-20(27)15-30-17-10-6-5-7-11-17/h5-13,16H,4,14-15H2,1-3H3,(H2,24,29)(H,26,28)/t23-/m1/s1. The van der Waals surface area contributed by atoms with Crippen LogP contribution in [0.1, 0.15) is 33.0 Å². The van der Waals surface area contributed by atoms with Gasteiger partial charge in [-0.3, -0.25) is 9.59 Å². The van der Waals surface area contributed by atoms with Gasteiger partial charge in [-0.1, -0.05) is 51.1 Å². The number of fused-ring (bicyclic) bond motifs is 1. The van der Waals surface area contributed by atoms with Crippen molar-refractivity contribution in [3.63, 3.8) is 0 Å². The van der Waals surface area contributed by atoms with Crippen molar-refractivity contribution in [2.45, 2.75) is 45.9 Å². The fraction of sp³-hybridized carbons (Fsp3) is 0.348. The van der Waals surface area contributed by atoms with Crippen molar-refractivity contribution in [2.24, 2.45) is 11.7 Å². The normalized spacial score (nSPS) is 13.2. The number of ether oxygens (including phenoxy) is 1. The molecule has 3 rings (SSSR count). The Morgan fingerprint density at radius 3 is 2.43 bits per heavy atom. The number of imidazole rings is 1. The largest absolute Gasteiger partial charge is 0.486 e. The zero-order valence-electron chi connectivity index (χ0n) is 17.6. The molecule has 30 heavy (non-hydrogen) atoms. The molecular formula is C23H28N4O3. The Balaban J connectivity index is 1.87. The SMILES string of the molecule is CC[C@](NC(=O)Cn1c(COc2ccccc2)nc2ccccc21)(C(N)=O)C(C)C. The average Bonchev–Trinajstić information content (AvgIpc) is 3.08. The van der Waals surface area contributed by atoms with Gasteiger partial charge in [0, 0.05) is 0 Å². The van der Waals surface area contributed by atoms with Crippen LogP contribution in [0.2, 0.25) is 0 Å². The summed E-state index contributed by atoms with van der Waals surface area (Å²) in [5.74, 6) is 0.384. The maximum absolute atomic E-state index is 13.0. The molecule has 7 heteroatoms. The minimum absolute atomic E-state index is 0.00967. The van der Waals surface area contributed by atoms with Crippen molar-refractivity contribution in [3.8, 4) is 5.75 Å². The van der Waals surface area contributed by atoms with Gasteiger partial charge in [0.25, 0.3) is 0 Å².